The zero-order valence-electron chi connectivity index (χ0n) is 5.08. The molecule has 0 saturated carbocycles. The van der Waals surface area contributed by atoms with Gasteiger partial charge in [-0.05, 0) is 0 Å². The predicted molar refractivity (Wildman–Crippen MR) is 43.5 cm³/mol. The van der Waals surface area contributed by atoms with Crippen molar-refractivity contribution in [1.29, 1.82) is 0 Å². The molecule has 1 saturated heterocycles. The van der Waals surface area contributed by atoms with Crippen molar-refractivity contribution in [3.05, 3.63) is 0 Å². The van der Waals surface area contributed by atoms with Crippen LogP contribution in [0.25, 0.3) is 0 Å². The fourth-order valence-electron chi connectivity index (χ4n) is 0.836. The van der Waals surface area contributed by atoms with Crippen LogP contribution >= 0.6 is 19.8 Å². The van der Waals surface area contributed by atoms with Crippen LogP contribution < -0.4 is 0 Å². The molecule has 0 aliphatic carbocycles. The van der Waals surface area contributed by atoms with Gasteiger partial charge in [-0.1, -0.05) is 0 Å². The van der Waals surface area contributed by atoms with Crippen LogP contribution in [0.3, 0.4) is 0 Å². The maximum atomic E-state index is 2.36. The molecule has 0 aromatic heterocycles. The van der Waals surface area contributed by atoms with Crippen molar-refractivity contribution >= 4 is 19.8 Å². The summed E-state index contributed by atoms with van der Waals surface area (Å²) in [5, 5.41) is 0. The van der Waals surface area contributed by atoms with Crippen molar-refractivity contribution in [2.24, 2.45) is 0 Å². The van der Waals surface area contributed by atoms with Gasteiger partial charge in [0.05, 0.1) is 0 Å². The van der Waals surface area contributed by atoms with Gasteiger partial charge in [0, 0.05) is 0 Å². The quantitative estimate of drug-likeness (QED) is 0.486. The first-order chi connectivity index (χ1) is 3.38. The van der Waals surface area contributed by atoms with Gasteiger partial charge in [-0.25, -0.2) is 0 Å². The molecule has 7 heavy (non-hydrogen) atoms. The monoisotopic (exact) mass is 212 g/mol. The molecule has 1 atom stereocenters. The summed E-state index contributed by atoms with van der Waals surface area (Å²) in [7, 11) is 0. The second-order valence-electron chi connectivity index (χ2n) is 1.92. The third kappa shape index (κ3) is 1.31. The summed E-state index contributed by atoms with van der Waals surface area (Å²) in [5.74, 6) is 0. The van der Waals surface area contributed by atoms with Gasteiger partial charge < -0.3 is 0 Å². The van der Waals surface area contributed by atoms with E-state index in [4.69, 9.17) is 0 Å². The summed E-state index contributed by atoms with van der Waals surface area (Å²) in [6.07, 6.45) is 1.48. The molecule has 1 rings (SSSR count). The van der Waals surface area contributed by atoms with Crippen molar-refractivity contribution in [3.63, 3.8) is 0 Å². The summed E-state index contributed by atoms with van der Waals surface area (Å²) in [6, 6.07) is 0. The molecule has 0 bridgehead atoms. The van der Waals surface area contributed by atoms with Crippen LogP contribution in [0.1, 0.15) is 20.3 Å². The second-order valence-corrected chi connectivity index (χ2v) is 8.93. The van der Waals surface area contributed by atoms with E-state index in [1.165, 1.54) is 10.3 Å². The third-order valence-corrected chi connectivity index (χ3v) is 8.32. The summed E-state index contributed by atoms with van der Waals surface area (Å²) < 4.78 is 4.52. The number of alkyl halides is 3. The molecule has 44 valence electrons. The van der Waals surface area contributed by atoms with E-state index in [-0.39, 0.29) is 19.8 Å². The van der Waals surface area contributed by atoms with Crippen molar-refractivity contribution in [2.45, 2.75) is 24.2 Å². The first-order valence-electron chi connectivity index (χ1n) is 2.98. The van der Waals surface area contributed by atoms with E-state index in [0.29, 0.717) is 0 Å². The second kappa shape index (κ2) is 2.33. The van der Waals surface area contributed by atoms with Gasteiger partial charge in [0.2, 0.25) is 0 Å². The molecular formula is C6H13I. The normalized spacial score (nSPS) is 33.4. The summed E-state index contributed by atoms with van der Waals surface area (Å²) in [6.45, 7) is 4.69. The maximum absolute atomic E-state index is 2.36. The first-order valence-corrected chi connectivity index (χ1v) is 7.28. The summed E-state index contributed by atoms with van der Waals surface area (Å²) in [5.41, 5.74) is 0. The van der Waals surface area contributed by atoms with Crippen molar-refractivity contribution < 1.29 is 0 Å². The van der Waals surface area contributed by atoms with E-state index in [2.05, 4.69) is 13.8 Å². The van der Waals surface area contributed by atoms with Gasteiger partial charge in [0.25, 0.3) is 0 Å². The Balaban J connectivity index is 2.06. The summed E-state index contributed by atoms with van der Waals surface area (Å²) >= 11 is -0.159. The predicted octanol–water partition coefficient (Wildman–Crippen LogP) is 2.30. The average molecular weight is 212 g/mol. The molecule has 1 aliphatic heterocycles. The van der Waals surface area contributed by atoms with E-state index < -0.39 is 0 Å². The molecule has 0 spiro atoms. The molecule has 1 heteroatoms. The zero-order chi connectivity index (χ0) is 5.28. The molecular weight excluding hydrogens is 199 g/mol. The van der Waals surface area contributed by atoms with Crippen LogP contribution in [0.2, 0.25) is 0 Å². The van der Waals surface area contributed by atoms with Gasteiger partial charge in [-0.2, -0.15) is 0 Å². The Morgan fingerprint density at radius 3 is 2.43 bits per heavy atom. The van der Waals surface area contributed by atoms with Gasteiger partial charge in [0.15, 0.2) is 0 Å². The summed E-state index contributed by atoms with van der Waals surface area (Å²) in [4.78, 5) is 0. The van der Waals surface area contributed by atoms with E-state index in [0.717, 1.165) is 0 Å². The molecule has 1 aliphatic rings. The van der Waals surface area contributed by atoms with Crippen LogP contribution in [-0.4, -0.2) is 12.8 Å². The number of halogens is 1. The Labute approximate surface area is 53.1 Å². The van der Waals surface area contributed by atoms with E-state index in [1.807, 2.05) is 0 Å². The minimum absolute atomic E-state index is 0.159. The van der Waals surface area contributed by atoms with Crippen molar-refractivity contribution in [1.82, 2.24) is 0 Å². The van der Waals surface area contributed by atoms with Crippen LogP contribution in [-0.2, 0) is 0 Å². The van der Waals surface area contributed by atoms with E-state index in [1.54, 1.807) is 8.86 Å². The van der Waals surface area contributed by atoms with E-state index >= 15 is 0 Å². The van der Waals surface area contributed by atoms with Crippen molar-refractivity contribution in [3.8, 4) is 0 Å². The number of rotatable bonds is 2. The molecule has 0 nitrogen and oxygen atoms in total. The van der Waals surface area contributed by atoms with Crippen molar-refractivity contribution in [2.75, 3.05) is 8.86 Å². The molecule has 0 aromatic rings. The Morgan fingerprint density at radius 1 is 1.57 bits per heavy atom. The minimum atomic E-state index is -0.159. The molecule has 1 fully saturated rings. The topological polar surface area (TPSA) is 0 Å². The van der Waals surface area contributed by atoms with Gasteiger partial charge in [-0.3, -0.25) is 0 Å². The fourth-order valence-corrected chi connectivity index (χ4v) is 7.19. The third-order valence-electron chi connectivity index (χ3n) is 1.49. The van der Waals surface area contributed by atoms with Gasteiger partial charge in [-0.15, -0.1) is 0 Å². The molecule has 1 unspecified atom stereocenters. The molecule has 0 aromatic carbocycles. The number of hydrogen-bond acceptors (Lipinski definition) is 0. The SMILES string of the molecule is CCC1CI1CC. The standard InChI is InChI=1S/C6H13I/c1-3-6-5-7(6)4-2/h6H,3-5H2,1-2H3. The number of hydrogen-bond donors (Lipinski definition) is 0. The Bertz CT molecular complexity index is 53.2. The average Bonchev–Trinajstić information content (AvgIpc) is 2.43. The molecule has 0 N–H and O–H groups in total. The van der Waals surface area contributed by atoms with Gasteiger partial charge in [0.1, 0.15) is 0 Å². The first kappa shape index (κ1) is 5.86. The Morgan fingerprint density at radius 2 is 2.29 bits per heavy atom. The fraction of sp³-hybridized carbons (Fsp3) is 1.00. The van der Waals surface area contributed by atoms with Crippen LogP contribution in [0, 0.1) is 0 Å². The van der Waals surface area contributed by atoms with Gasteiger partial charge >= 0.3 is 52.9 Å². The molecule has 0 amide bonds. The van der Waals surface area contributed by atoms with Crippen LogP contribution in [0.5, 0.6) is 0 Å². The molecule has 0 radical (unpaired) electrons. The molecule has 1 heterocycles. The van der Waals surface area contributed by atoms with Crippen LogP contribution in [0.4, 0.5) is 0 Å². The Kier molecular flexibility index (Phi) is 1.95. The van der Waals surface area contributed by atoms with Crippen LogP contribution in [0.15, 0.2) is 0 Å². The Hall–Kier alpha value is 0.730. The van der Waals surface area contributed by atoms with E-state index in [9.17, 15) is 0 Å². The zero-order valence-corrected chi connectivity index (χ0v) is 7.23.